The van der Waals surface area contributed by atoms with Gasteiger partial charge in [-0.05, 0) is 12.1 Å². The number of nitrogens with zero attached hydrogens (tertiary/aromatic N) is 1. The second-order valence-electron chi connectivity index (χ2n) is 4.00. The lowest BCUT2D eigenvalue weighted by Crippen LogP contribution is -2.27. The zero-order valence-electron chi connectivity index (χ0n) is 10.8. The molecule has 1 saturated heterocycles. The number of benzene rings is 1. The number of hydrogen-bond donors (Lipinski definition) is 0. The van der Waals surface area contributed by atoms with Gasteiger partial charge in [0.1, 0.15) is 10.1 Å². The predicted octanol–water partition coefficient (Wildman–Crippen LogP) is 3.68. The van der Waals surface area contributed by atoms with E-state index in [1.807, 2.05) is 0 Å². The summed E-state index contributed by atoms with van der Waals surface area (Å²) in [5.74, 6) is -0.252. The average molecular weight is 327 g/mol. The number of carbonyl (C=O) groups is 1. The molecule has 1 amide bonds. The smallest absolute Gasteiger partial charge is 0.387 e. The van der Waals surface area contributed by atoms with Gasteiger partial charge in [-0.3, -0.25) is 9.69 Å². The molecule has 0 saturated carbocycles. The van der Waals surface area contributed by atoms with Crippen molar-refractivity contribution in [1.29, 1.82) is 0 Å². The molecule has 0 aromatic heterocycles. The highest BCUT2D eigenvalue weighted by Gasteiger charge is 2.31. The molecular weight excluding hydrogens is 316 g/mol. The van der Waals surface area contributed by atoms with E-state index in [1.54, 1.807) is 24.3 Å². The molecule has 0 atom stereocenters. The summed E-state index contributed by atoms with van der Waals surface area (Å²) in [6.45, 7) is 0.958. The highest BCUT2D eigenvalue weighted by Crippen LogP contribution is 2.34. The summed E-state index contributed by atoms with van der Waals surface area (Å²) in [6.07, 6.45) is 3.07. The van der Waals surface area contributed by atoms with Crippen LogP contribution in [0.2, 0.25) is 0 Å². The molecule has 0 aliphatic carbocycles. The molecule has 1 heterocycles. The SMILES string of the molecule is C=CCN1C(=O)C(=Cc2ccccc2OC(F)F)SC1=S. The number of rotatable bonds is 5. The van der Waals surface area contributed by atoms with E-state index in [1.165, 1.54) is 17.0 Å². The second-order valence-corrected chi connectivity index (χ2v) is 5.67. The van der Waals surface area contributed by atoms with Crippen molar-refractivity contribution in [1.82, 2.24) is 4.90 Å². The fraction of sp³-hybridized carbons (Fsp3) is 0.143. The molecule has 0 N–H and O–H groups in total. The zero-order chi connectivity index (χ0) is 15.4. The maximum absolute atomic E-state index is 12.4. The van der Waals surface area contributed by atoms with E-state index in [9.17, 15) is 13.6 Å². The molecule has 21 heavy (non-hydrogen) atoms. The summed E-state index contributed by atoms with van der Waals surface area (Å²) in [4.78, 5) is 13.9. The van der Waals surface area contributed by atoms with Gasteiger partial charge in [0.15, 0.2) is 0 Å². The second kappa shape index (κ2) is 6.82. The Labute approximate surface area is 130 Å². The topological polar surface area (TPSA) is 29.5 Å². The van der Waals surface area contributed by atoms with E-state index in [0.29, 0.717) is 21.3 Å². The molecule has 0 unspecified atom stereocenters. The average Bonchev–Trinajstić information content (AvgIpc) is 2.69. The summed E-state index contributed by atoms with van der Waals surface area (Å²) in [5.41, 5.74) is 0.400. The molecular formula is C14H11F2NO2S2. The minimum Gasteiger partial charge on any atom is -0.434 e. The monoisotopic (exact) mass is 327 g/mol. The molecule has 3 nitrogen and oxygen atoms in total. The van der Waals surface area contributed by atoms with Crippen LogP contribution in [0, 0.1) is 0 Å². The third-order valence-corrected chi connectivity index (χ3v) is 3.98. The summed E-state index contributed by atoms with van der Waals surface area (Å²) >= 11 is 6.23. The zero-order valence-corrected chi connectivity index (χ0v) is 12.4. The van der Waals surface area contributed by atoms with E-state index >= 15 is 0 Å². The van der Waals surface area contributed by atoms with Gasteiger partial charge in [0, 0.05) is 12.1 Å². The molecule has 0 bridgehead atoms. The molecule has 2 rings (SSSR count). The highest BCUT2D eigenvalue weighted by atomic mass is 32.2. The van der Waals surface area contributed by atoms with Gasteiger partial charge in [-0.1, -0.05) is 48.3 Å². The number of thiocarbonyl (C=S) groups is 1. The van der Waals surface area contributed by atoms with Crippen LogP contribution in [0.5, 0.6) is 5.75 Å². The number of carbonyl (C=O) groups excluding carboxylic acids is 1. The molecule has 1 aliphatic heterocycles. The first-order valence-electron chi connectivity index (χ1n) is 5.93. The molecule has 7 heteroatoms. The third-order valence-electron chi connectivity index (χ3n) is 2.61. The Morgan fingerprint density at radius 1 is 1.43 bits per heavy atom. The van der Waals surface area contributed by atoms with Crippen LogP contribution in [0.4, 0.5) is 8.78 Å². The highest BCUT2D eigenvalue weighted by molar-refractivity contribution is 8.26. The van der Waals surface area contributed by atoms with Crippen molar-refractivity contribution in [2.24, 2.45) is 0 Å². The quantitative estimate of drug-likeness (QED) is 0.469. The Morgan fingerprint density at radius 2 is 2.14 bits per heavy atom. The number of thioether (sulfide) groups is 1. The van der Waals surface area contributed by atoms with Crippen LogP contribution < -0.4 is 4.74 Å². The maximum Gasteiger partial charge on any atom is 0.387 e. The van der Waals surface area contributed by atoms with Crippen molar-refractivity contribution in [2.75, 3.05) is 6.54 Å². The number of alkyl halides is 2. The Hall–Kier alpha value is -1.73. The summed E-state index contributed by atoms with van der Waals surface area (Å²) in [6, 6.07) is 6.27. The van der Waals surface area contributed by atoms with Crippen LogP contribution in [-0.2, 0) is 4.79 Å². The van der Waals surface area contributed by atoms with E-state index in [4.69, 9.17) is 12.2 Å². The molecule has 1 fully saturated rings. The van der Waals surface area contributed by atoms with Crippen molar-refractivity contribution in [2.45, 2.75) is 6.61 Å². The summed E-state index contributed by atoms with van der Waals surface area (Å²) in [5, 5.41) is 0. The van der Waals surface area contributed by atoms with Crippen LogP contribution in [0.25, 0.3) is 6.08 Å². The Kier molecular flexibility index (Phi) is 5.08. The van der Waals surface area contributed by atoms with Crippen molar-refractivity contribution >= 4 is 40.3 Å². The minimum absolute atomic E-state index is 0.0153. The summed E-state index contributed by atoms with van der Waals surface area (Å²) in [7, 11) is 0. The first-order chi connectivity index (χ1) is 10.0. The maximum atomic E-state index is 12.4. The number of hydrogen-bond acceptors (Lipinski definition) is 4. The van der Waals surface area contributed by atoms with Gasteiger partial charge < -0.3 is 4.74 Å². The lowest BCUT2D eigenvalue weighted by molar-refractivity contribution is -0.121. The first-order valence-corrected chi connectivity index (χ1v) is 7.15. The van der Waals surface area contributed by atoms with Gasteiger partial charge in [0.25, 0.3) is 5.91 Å². The van der Waals surface area contributed by atoms with Crippen molar-refractivity contribution < 1.29 is 18.3 Å². The lowest BCUT2D eigenvalue weighted by Gasteiger charge is -2.10. The number of amides is 1. The Morgan fingerprint density at radius 3 is 2.81 bits per heavy atom. The van der Waals surface area contributed by atoms with Crippen LogP contribution >= 0.6 is 24.0 Å². The van der Waals surface area contributed by atoms with Crippen LogP contribution in [-0.4, -0.2) is 28.3 Å². The van der Waals surface area contributed by atoms with Crippen LogP contribution in [0.3, 0.4) is 0 Å². The van der Waals surface area contributed by atoms with E-state index in [-0.39, 0.29) is 11.7 Å². The predicted molar refractivity (Wildman–Crippen MR) is 83.2 cm³/mol. The molecule has 110 valence electrons. The molecule has 1 aliphatic rings. The largest absolute Gasteiger partial charge is 0.434 e. The van der Waals surface area contributed by atoms with Gasteiger partial charge in [-0.2, -0.15) is 8.78 Å². The van der Waals surface area contributed by atoms with E-state index < -0.39 is 6.61 Å². The number of ether oxygens (including phenoxy) is 1. The first kappa shape index (κ1) is 15.7. The Bertz CT molecular complexity index is 617. The minimum atomic E-state index is -2.92. The van der Waals surface area contributed by atoms with Gasteiger partial charge in [-0.15, -0.1) is 6.58 Å². The van der Waals surface area contributed by atoms with Gasteiger partial charge in [0.05, 0.1) is 4.91 Å². The fourth-order valence-electron chi connectivity index (χ4n) is 1.73. The van der Waals surface area contributed by atoms with Gasteiger partial charge >= 0.3 is 6.61 Å². The molecule has 1 aromatic rings. The van der Waals surface area contributed by atoms with E-state index in [0.717, 1.165) is 11.8 Å². The molecule has 1 aromatic carbocycles. The third kappa shape index (κ3) is 3.68. The molecule has 0 radical (unpaired) electrons. The van der Waals surface area contributed by atoms with Gasteiger partial charge in [-0.25, -0.2) is 0 Å². The van der Waals surface area contributed by atoms with Crippen LogP contribution in [0.1, 0.15) is 5.56 Å². The number of para-hydroxylation sites is 1. The lowest BCUT2D eigenvalue weighted by atomic mass is 10.2. The standard InChI is InChI=1S/C14H11F2NO2S2/c1-2-7-17-12(18)11(21-14(17)20)8-9-5-3-4-6-10(9)19-13(15)16/h2-6,8,13H,1,7H2. The van der Waals surface area contributed by atoms with Crippen LogP contribution in [0.15, 0.2) is 41.8 Å². The molecule has 0 spiro atoms. The van der Waals surface area contributed by atoms with Crippen molar-refractivity contribution in [3.8, 4) is 5.75 Å². The normalized spacial score (nSPS) is 16.9. The van der Waals surface area contributed by atoms with Crippen molar-refractivity contribution in [3.63, 3.8) is 0 Å². The van der Waals surface area contributed by atoms with E-state index in [2.05, 4.69) is 11.3 Å². The van der Waals surface area contributed by atoms with Crippen molar-refractivity contribution in [3.05, 3.63) is 47.4 Å². The summed E-state index contributed by atoms with van der Waals surface area (Å²) < 4.78 is 29.6. The number of halogens is 2. The fourth-order valence-corrected chi connectivity index (χ4v) is 3.00. The van der Waals surface area contributed by atoms with Gasteiger partial charge in [0.2, 0.25) is 0 Å². The Balaban J connectivity index is 2.30.